The third-order valence-electron chi connectivity index (χ3n) is 10.7. The number of imide groups is 2. The van der Waals surface area contributed by atoms with Gasteiger partial charge in [0, 0.05) is 0 Å². The van der Waals surface area contributed by atoms with Gasteiger partial charge in [-0.1, -0.05) is 24.3 Å². The van der Waals surface area contributed by atoms with E-state index in [-0.39, 0.29) is 95.6 Å². The monoisotopic (exact) mass is 598 g/mol. The predicted molar refractivity (Wildman–Crippen MR) is 145 cm³/mol. The van der Waals surface area contributed by atoms with Crippen molar-refractivity contribution in [1.29, 1.82) is 0 Å². The minimum absolute atomic E-state index is 0.143. The molecule has 4 amide bonds. The predicted octanol–water partition coefficient (Wildman–Crippen LogP) is 0.0999. The van der Waals surface area contributed by atoms with Gasteiger partial charge in [-0.3, -0.25) is 29.0 Å². The van der Waals surface area contributed by atoms with Crippen molar-refractivity contribution in [3.8, 4) is 0 Å². The van der Waals surface area contributed by atoms with E-state index in [1.807, 2.05) is 24.3 Å². The van der Waals surface area contributed by atoms with E-state index < -0.39 is 0 Å². The Morgan fingerprint density at radius 3 is 1.21 bits per heavy atom. The van der Waals surface area contributed by atoms with Crippen molar-refractivity contribution in [2.45, 2.75) is 43.7 Å². The zero-order valence-electron chi connectivity index (χ0n) is 24.1. The maximum atomic E-state index is 12.6. The fraction of sp³-hybridized carbons (Fsp3) is 0.742. The van der Waals surface area contributed by atoms with Gasteiger partial charge in [0.25, 0.3) is 0 Å². The van der Waals surface area contributed by atoms with E-state index in [9.17, 15) is 19.2 Å². The first-order valence-corrected chi connectivity index (χ1v) is 15.6. The highest BCUT2D eigenvalue weighted by Gasteiger charge is 2.67. The molecule has 4 saturated heterocycles. The maximum Gasteiger partial charge on any atom is 0.236 e. The summed E-state index contributed by atoms with van der Waals surface area (Å²) in [4.78, 5) is 53.2. The minimum atomic E-state index is -0.365. The molecule has 0 radical (unpaired) electrons. The van der Waals surface area contributed by atoms with Gasteiger partial charge in [0.05, 0.1) is 114 Å². The van der Waals surface area contributed by atoms with E-state index in [4.69, 9.17) is 28.4 Å². The van der Waals surface area contributed by atoms with Crippen molar-refractivity contribution in [1.82, 2.24) is 9.80 Å². The Morgan fingerprint density at radius 2 is 0.860 bits per heavy atom. The lowest BCUT2D eigenvalue weighted by atomic mass is 9.35. The van der Waals surface area contributed by atoms with Crippen molar-refractivity contribution in [2.24, 2.45) is 34.5 Å². The van der Waals surface area contributed by atoms with Crippen LogP contribution in [0, 0.1) is 34.5 Å². The molecule has 0 aromatic heterocycles. The Hall–Kier alpha value is -2.48. The summed E-state index contributed by atoms with van der Waals surface area (Å²) in [6.07, 6.45) is 9.83. The van der Waals surface area contributed by atoms with Crippen LogP contribution < -0.4 is 0 Å². The fourth-order valence-corrected chi connectivity index (χ4v) is 9.04. The molecule has 43 heavy (non-hydrogen) atoms. The third-order valence-corrected chi connectivity index (χ3v) is 10.7. The van der Waals surface area contributed by atoms with Crippen LogP contribution in [0.2, 0.25) is 0 Å². The molecule has 9 aliphatic rings. The van der Waals surface area contributed by atoms with Crippen molar-refractivity contribution in [3.63, 3.8) is 0 Å². The van der Waals surface area contributed by atoms with E-state index in [0.717, 1.165) is 19.3 Å². The largest absolute Gasteiger partial charge is 0.378 e. The van der Waals surface area contributed by atoms with E-state index in [0.29, 0.717) is 52.9 Å². The lowest BCUT2D eigenvalue weighted by molar-refractivity contribution is -0.254. The molecule has 6 aliphatic heterocycles. The first kappa shape index (κ1) is 28.0. The first-order chi connectivity index (χ1) is 20.9. The summed E-state index contributed by atoms with van der Waals surface area (Å²) in [7, 11) is 0. The second kappa shape index (κ2) is 10.6. The Kier molecular flexibility index (Phi) is 6.88. The lowest BCUT2D eigenvalue weighted by Gasteiger charge is -2.70. The summed E-state index contributed by atoms with van der Waals surface area (Å²) in [5.41, 5.74) is 0.517. The fourth-order valence-electron chi connectivity index (χ4n) is 9.04. The molecule has 0 spiro atoms. The second-order valence-corrected chi connectivity index (χ2v) is 13.5. The van der Waals surface area contributed by atoms with Crippen LogP contribution in [0.4, 0.5) is 0 Å². The number of hydrogen-bond acceptors (Lipinski definition) is 10. The summed E-state index contributed by atoms with van der Waals surface area (Å²) in [6, 6.07) is 0. The van der Waals surface area contributed by atoms with Gasteiger partial charge in [0.1, 0.15) is 0 Å². The normalized spacial score (nSPS) is 42.4. The summed E-state index contributed by atoms with van der Waals surface area (Å²) >= 11 is 0. The average molecular weight is 599 g/mol. The van der Waals surface area contributed by atoms with Gasteiger partial charge < -0.3 is 28.4 Å². The Bertz CT molecular complexity index is 1090. The van der Waals surface area contributed by atoms with E-state index >= 15 is 0 Å². The smallest absolute Gasteiger partial charge is 0.236 e. The van der Waals surface area contributed by atoms with Crippen molar-refractivity contribution < 1.29 is 47.6 Å². The molecule has 0 aromatic carbocycles. The third kappa shape index (κ3) is 4.47. The van der Waals surface area contributed by atoms with Crippen molar-refractivity contribution in [3.05, 3.63) is 24.3 Å². The van der Waals surface area contributed by atoms with Gasteiger partial charge in [-0.25, -0.2) is 0 Å². The molecule has 0 aromatic rings. The second-order valence-electron chi connectivity index (χ2n) is 13.5. The molecule has 12 nitrogen and oxygen atoms in total. The van der Waals surface area contributed by atoms with Gasteiger partial charge >= 0.3 is 0 Å². The molecule has 12 heteroatoms. The van der Waals surface area contributed by atoms with Crippen LogP contribution in [0.15, 0.2) is 24.3 Å². The lowest BCUT2D eigenvalue weighted by Crippen LogP contribution is -2.65. The molecule has 232 valence electrons. The Labute approximate surface area is 249 Å². The number of ether oxygens (including phenoxy) is 6. The first-order valence-electron chi connectivity index (χ1n) is 15.6. The molecule has 8 atom stereocenters. The standard InChI is InChI=1S/C31H38N2O10/c34-26-22-18-1-2-19(42-18)23(22)27(35)32(26)5-7-38-9-11-40-16-30-13-31(14-30,15-30)17-41-12-10-39-8-6-33-28(36)24-20-3-4-21(43-20)25(24)29(33)37/h1-4,18-25H,5-17H2/t18-,19+,20-,21+,22-,23+,24-,25+,30?,31?. The zero-order valence-corrected chi connectivity index (χ0v) is 24.1. The van der Waals surface area contributed by atoms with Crippen molar-refractivity contribution in [2.75, 3.05) is 65.9 Å². The molecule has 3 aliphatic carbocycles. The van der Waals surface area contributed by atoms with Gasteiger partial charge in [0.2, 0.25) is 23.6 Å². The Morgan fingerprint density at radius 1 is 0.535 bits per heavy atom. The van der Waals surface area contributed by atoms with Crippen LogP contribution in [-0.2, 0) is 47.6 Å². The van der Waals surface area contributed by atoms with Crippen LogP contribution in [0.3, 0.4) is 0 Å². The summed E-state index contributed by atoms with van der Waals surface area (Å²) < 4.78 is 34.4. The Balaban J connectivity index is 0.638. The summed E-state index contributed by atoms with van der Waals surface area (Å²) in [5, 5.41) is 0. The molecule has 0 unspecified atom stereocenters. The number of rotatable bonds is 16. The van der Waals surface area contributed by atoms with Gasteiger partial charge in [0.15, 0.2) is 0 Å². The summed E-state index contributed by atoms with van der Waals surface area (Å²) in [6.45, 7) is 4.41. The molecule has 3 saturated carbocycles. The van der Waals surface area contributed by atoms with Crippen LogP contribution in [0.5, 0.6) is 0 Å². The number of amides is 4. The minimum Gasteiger partial charge on any atom is -0.378 e. The molecule has 9 rings (SSSR count). The number of hydrogen-bond donors (Lipinski definition) is 0. The van der Waals surface area contributed by atoms with E-state index in [1.165, 1.54) is 9.80 Å². The highest BCUT2D eigenvalue weighted by Crippen LogP contribution is 2.73. The molecule has 7 fully saturated rings. The van der Waals surface area contributed by atoms with E-state index in [1.54, 1.807) is 0 Å². The molecular formula is C31H38N2O10. The van der Waals surface area contributed by atoms with Crippen molar-refractivity contribution >= 4 is 23.6 Å². The van der Waals surface area contributed by atoms with Crippen LogP contribution in [-0.4, -0.2) is 124 Å². The maximum absolute atomic E-state index is 12.6. The van der Waals surface area contributed by atoms with Gasteiger partial charge in [-0.05, 0) is 30.1 Å². The summed E-state index contributed by atoms with van der Waals surface area (Å²) in [5.74, 6) is -2.03. The number of likely N-dealkylation sites (tertiary alicyclic amines) is 2. The molecule has 0 N–H and O–H groups in total. The topological polar surface area (TPSA) is 130 Å². The van der Waals surface area contributed by atoms with Crippen LogP contribution in [0.25, 0.3) is 0 Å². The number of carbonyl (C=O) groups excluding carboxylic acids is 4. The van der Waals surface area contributed by atoms with E-state index in [2.05, 4.69) is 0 Å². The molecule has 6 bridgehead atoms. The van der Waals surface area contributed by atoms with Gasteiger partial charge in [-0.15, -0.1) is 0 Å². The SMILES string of the molecule is O=C1[C@@H]2[C@H](C(=O)N1CCOCCOCC13CC(COCCOCCN4C(=O)[C@@H]5[C@H](C4=O)[C@H]4C=C[C@@H]5O4)(C1)C3)[C@H]1C=C[C@@H]2O1. The highest BCUT2D eigenvalue weighted by molar-refractivity contribution is 6.07. The average Bonchev–Trinajstić information content (AvgIpc) is 3.80. The number of nitrogens with zero attached hydrogens (tertiary/aromatic N) is 2. The van der Waals surface area contributed by atoms with Gasteiger partial charge in [-0.2, -0.15) is 0 Å². The molecular weight excluding hydrogens is 560 g/mol. The highest BCUT2D eigenvalue weighted by atomic mass is 16.5. The van der Waals surface area contributed by atoms with Crippen LogP contribution in [0.1, 0.15) is 19.3 Å². The number of fused-ring (bicyclic) bond motifs is 10. The quantitative estimate of drug-likeness (QED) is 0.137. The number of carbonyl (C=O) groups is 4. The van der Waals surface area contributed by atoms with Crippen LogP contribution >= 0.6 is 0 Å². The zero-order chi connectivity index (χ0) is 29.3. The molecule has 6 heterocycles.